The lowest BCUT2D eigenvalue weighted by atomic mass is 10.00. The summed E-state index contributed by atoms with van der Waals surface area (Å²) in [5.41, 5.74) is 7.62. The molecular weight excluding hydrogens is 576 g/mol. The zero-order valence-electron chi connectivity index (χ0n) is 23.8. The zero-order chi connectivity index (χ0) is 29.5. The number of allylic oxidation sites excluding steroid dienone is 1. The highest BCUT2D eigenvalue weighted by Crippen LogP contribution is 2.37. The van der Waals surface area contributed by atoms with Gasteiger partial charge in [-0.05, 0) is 85.0 Å². The van der Waals surface area contributed by atoms with Crippen LogP contribution in [-0.2, 0) is 6.42 Å². The van der Waals surface area contributed by atoms with Crippen molar-refractivity contribution in [3.05, 3.63) is 106 Å². The fourth-order valence-electron chi connectivity index (χ4n) is 6.41. The van der Waals surface area contributed by atoms with Crippen molar-refractivity contribution >= 4 is 38.5 Å². The molecule has 1 aliphatic carbocycles. The van der Waals surface area contributed by atoms with E-state index in [1.807, 2.05) is 39.8 Å². The van der Waals surface area contributed by atoms with Crippen molar-refractivity contribution in [1.29, 1.82) is 0 Å². The summed E-state index contributed by atoms with van der Waals surface area (Å²) in [4.78, 5) is 26.4. The van der Waals surface area contributed by atoms with Gasteiger partial charge in [0.2, 0.25) is 0 Å². The lowest BCUT2D eigenvalue weighted by Gasteiger charge is -2.33. The Hall–Kier alpha value is -3.92. The molecule has 9 heteroatoms. The van der Waals surface area contributed by atoms with Gasteiger partial charge in [-0.15, -0.1) is 11.3 Å². The lowest BCUT2D eigenvalue weighted by Crippen LogP contribution is -2.38. The summed E-state index contributed by atoms with van der Waals surface area (Å²) in [5, 5.41) is 11.4. The second kappa shape index (κ2) is 11.6. The highest BCUT2D eigenvalue weighted by molar-refractivity contribution is 7.10. The minimum Gasteiger partial charge on any atom is -0.400 e. The van der Waals surface area contributed by atoms with Crippen LogP contribution in [0.5, 0.6) is 0 Å². The molecule has 43 heavy (non-hydrogen) atoms. The van der Waals surface area contributed by atoms with Crippen LogP contribution in [-0.4, -0.2) is 52.6 Å². The standard InChI is InChI=1S/C34H31FN4O2SSi/c1-21-27-9-12-42-32(27)8-11-39(21)34(41)25-16-29(24-3-2-10-36-17-24)33-37-31(19-38(33)18-25)28-7-5-23(15-30(28)35)13-22-4-6-26(14-22)43-20-40/h2-3,5,7,9-10,12-13,15-19,21,26,40H,4,6,8,11,14,20H2,1H3/b22-13+/t21-,26?/m1/s1. The van der Waals surface area contributed by atoms with Crippen LogP contribution in [0.4, 0.5) is 4.39 Å². The summed E-state index contributed by atoms with van der Waals surface area (Å²) in [5.74, 6) is -0.374. The van der Waals surface area contributed by atoms with Crippen molar-refractivity contribution < 1.29 is 14.3 Å². The normalized spacial score (nSPS) is 19.3. The number of fused-ring (bicyclic) bond motifs is 2. The van der Waals surface area contributed by atoms with Gasteiger partial charge in [-0.25, -0.2) is 9.37 Å². The van der Waals surface area contributed by atoms with E-state index in [-0.39, 0.29) is 24.0 Å². The summed E-state index contributed by atoms with van der Waals surface area (Å²) in [6.07, 6.45) is 13.3. The highest BCUT2D eigenvalue weighted by atomic mass is 32.1. The maximum Gasteiger partial charge on any atom is 0.255 e. The number of thiophene rings is 1. The van der Waals surface area contributed by atoms with Crippen molar-refractivity contribution in [3.8, 4) is 22.4 Å². The van der Waals surface area contributed by atoms with E-state index in [1.165, 1.54) is 16.0 Å². The molecule has 216 valence electrons. The molecule has 1 aliphatic heterocycles. The van der Waals surface area contributed by atoms with E-state index in [1.54, 1.807) is 42.1 Å². The topological polar surface area (TPSA) is 70.7 Å². The first kappa shape index (κ1) is 27.9. The van der Waals surface area contributed by atoms with Crippen LogP contribution in [0.15, 0.2) is 78.2 Å². The molecule has 7 rings (SSSR count). The van der Waals surface area contributed by atoms with E-state index in [4.69, 9.17) is 4.98 Å². The van der Waals surface area contributed by atoms with Gasteiger partial charge in [-0.3, -0.25) is 9.78 Å². The molecule has 1 fully saturated rings. The van der Waals surface area contributed by atoms with Gasteiger partial charge in [-0.1, -0.05) is 23.8 Å². The fourth-order valence-corrected chi connectivity index (χ4v) is 8.39. The molecule has 1 N–H and O–H groups in total. The van der Waals surface area contributed by atoms with Crippen molar-refractivity contribution in [3.63, 3.8) is 0 Å². The van der Waals surface area contributed by atoms with Gasteiger partial charge >= 0.3 is 0 Å². The number of benzene rings is 1. The molecule has 0 saturated heterocycles. The number of hydrogen-bond donors (Lipinski definition) is 1. The minimum atomic E-state index is -0.336. The molecule has 2 radical (unpaired) electrons. The molecule has 0 bridgehead atoms. The number of pyridine rings is 2. The van der Waals surface area contributed by atoms with Crippen LogP contribution in [0, 0.1) is 5.82 Å². The first-order valence-corrected chi connectivity index (χ1v) is 16.8. The van der Waals surface area contributed by atoms with Gasteiger partial charge < -0.3 is 14.4 Å². The number of amides is 1. The van der Waals surface area contributed by atoms with E-state index < -0.39 is 0 Å². The van der Waals surface area contributed by atoms with Gasteiger partial charge in [0.25, 0.3) is 5.91 Å². The summed E-state index contributed by atoms with van der Waals surface area (Å²) in [6.45, 7) is 2.75. The first-order chi connectivity index (χ1) is 21.0. The molecule has 2 atom stereocenters. The molecule has 6 nitrogen and oxygen atoms in total. The molecule has 1 saturated carbocycles. The number of halogens is 1. The molecule has 1 amide bonds. The summed E-state index contributed by atoms with van der Waals surface area (Å²) >= 11 is 1.75. The number of aliphatic hydroxyl groups excluding tert-OH is 1. The number of aliphatic hydroxyl groups is 1. The van der Waals surface area contributed by atoms with Crippen molar-refractivity contribution in [2.24, 2.45) is 0 Å². The monoisotopic (exact) mass is 606 g/mol. The van der Waals surface area contributed by atoms with Gasteiger partial charge in [0.15, 0.2) is 0 Å². The molecule has 1 unspecified atom stereocenters. The smallest absolute Gasteiger partial charge is 0.255 e. The van der Waals surface area contributed by atoms with E-state index in [0.717, 1.165) is 42.4 Å². The van der Waals surface area contributed by atoms with E-state index in [0.29, 0.717) is 44.1 Å². The number of rotatable bonds is 6. The second-order valence-corrected chi connectivity index (χ2v) is 13.9. The third kappa shape index (κ3) is 5.37. The van der Waals surface area contributed by atoms with Crippen molar-refractivity contribution in [2.75, 3.05) is 12.8 Å². The molecule has 4 aromatic heterocycles. The van der Waals surface area contributed by atoms with Crippen molar-refractivity contribution in [1.82, 2.24) is 19.3 Å². The average molecular weight is 607 g/mol. The average Bonchev–Trinajstić information content (AvgIpc) is 3.77. The molecule has 5 heterocycles. The van der Waals surface area contributed by atoms with Gasteiger partial charge in [0.1, 0.15) is 11.5 Å². The number of hydrogen-bond acceptors (Lipinski definition) is 5. The quantitative estimate of drug-likeness (QED) is 0.211. The van der Waals surface area contributed by atoms with Crippen molar-refractivity contribution in [2.45, 2.75) is 44.2 Å². The fraction of sp³-hybridized carbons (Fsp3) is 0.265. The lowest BCUT2D eigenvalue weighted by molar-refractivity contribution is 0.0679. The summed E-state index contributed by atoms with van der Waals surface area (Å²) < 4.78 is 17.4. The highest BCUT2D eigenvalue weighted by Gasteiger charge is 2.30. The van der Waals surface area contributed by atoms with Crippen LogP contribution in [0.1, 0.15) is 58.6 Å². The number of nitrogens with zero attached hydrogens (tertiary/aromatic N) is 4. The predicted octanol–water partition coefficient (Wildman–Crippen LogP) is 7.03. The number of carbonyl (C=O) groups is 1. The Kier molecular flexibility index (Phi) is 7.54. The van der Waals surface area contributed by atoms with Crippen LogP contribution >= 0.6 is 11.3 Å². The number of carbonyl (C=O) groups excluding carboxylic acids is 1. The Labute approximate surface area is 256 Å². The van der Waals surface area contributed by atoms with Gasteiger partial charge in [-0.2, -0.15) is 0 Å². The SMILES string of the molecule is C[C@@H]1c2ccsc2CCN1C(=O)c1cc(-c2cccnc2)c2nc(-c3ccc(/C=C4\CCC([Si]CO)C4)cc3F)cn2c1. The Balaban J connectivity index is 1.25. The van der Waals surface area contributed by atoms with Crippen LogP contribution in [0.25, 0.3) is 34.1 Å². The Bertz CT molecular complexity index is 1850. The predicted molar refractivity (Wildman–Crippen MR) is 170 cm³/mol. The number of imidazole rings is 1. The maximum atomic E-state index is 15.6. The Morgan fingerprint density at radius 1 is 1.19 bits per heavy atom. The third-order valence-electron chi connectivity index (χ3n) is 8.65. The van der Waals surface area contributed by atoms with E-state index in [2.05, 4.69) is 29.4 Å². The van der Waals surface area contributed by atoms with Gasteiger partial charge in [0, 0.05) is 59.1 Å². The summed E-state index contributed by atoms with van der Waals surface area (Å²) in [7, 11) is 0.569. The van der Waals surface area contributed by atoms with E-state index >= 15 is 4.39 Å². The minimum absolute atomic E-state index is 0.00817. The van der Waals surface area contributed by atoms with E-state index in [9.17, 15) is 9.90 Å². The largest absolute Gasteiger partial charge is 0.400 e. The summed E-state index contributed by atoms with van der Waals surface area (Å²) in [6, 6.07) is 13.1. The molecule has 5 aromatic rings. The zero-order valence-corrected chi connectivity index (χ0v) is 25.6. The van der Waals surface area contributed by atoms with Crippen LogP contribution < -0.4 is 0 Å². The molecular formula is C34H31FN4O2SSi. The molecule has 1 aromatic carbocycles. The Morgan fingerprint density at radius 3 is 2.91 bits per heavy atom. The maximum absolute atomic E-state index is 15.6. The third-order valence-corrected chi connectivity index (χ3v) is 10.9. The number of aromatic nitrogens is 3. The molecule has 2 aliphatic rings. The Morgan fingerprint density at radius 2 is 2.09 bits per heavy atom. The molecule has 0 spiro atoms. The van der Waals surface area contributed by atoms with Gasteiger partial charge in [0.05, 0.1) is 26.8 Å². The second-order valence-electron chi connectivity index (χ2n) is 11.3. The first-order valence-electron chi connectivity index (χ1n) is 14.6. The van der Waals surface area contributed by atoms with Crippen LogP contribution in [0.3, 0.4) is 0 Å². The van der Waals surface area contributed by atoms with Crippen LogP contribution in [0.2, 0.25) is 5.54 Å².